The zero-order valence-electron chi connectivity index (χ0n) is 7.78. The number of carbonyl (C=O) groups is 1. The lowest BCUT2D eigenvalue weighted by Crippen LogP contribution is -2.12. The summed E-state index contributed by atoms with van der Waals surface area (Å²) >= 11 is 0. The number of aryl methyl sites for hydroxylation is 1. The van der Waals surface area contributed by atoms with Crippen LogP contribution in [0.15, 0.2) is 18.3 Å². The molecule has 1 aromatic rings. The van der Waals surface area contributed by atoms with Crippen molar-refractivity contribution in [2.45, 2.75) is 20.0 Å². The molecule has 1 heterocycles. The summed E-state index contributed by atoms with van der Waals surface area (Å²) in [5.41, 5.74) is 1.33. The first kappa shape index (κ1) is 9.71. The van der Waals surface area contributed by atoms with E-state index in [0.717, 1.165) is 5.69 Å². The fourth-order valence-corrected chi connectivity index (χ4v) is 0.839. The Bertz CT molecular complexity index is 290. The highest BCUT2D eigenvalue weighted by atomic mass is 16.5. The van der Waals surface area contributed by atoms with Crippen LogP contribution in [0.25, 0.3) is 0 Å². The molecule has 0 saturated carbocycles. The third kappa shape index (κ3) is 2.86. The minimum Gasteiger partial charge on any atom is -0.459 e. The number of carbonyl (C=O) groups excluding carboxylic acids is 1. The molecule has 0 aliphatic carbocycles. The van der Waals surface area contributed by atoms with Crippen LogP contribution in [0.1, 0.15) is 23.0 Å². The van der Waals surface area contributed by atoms with Crippen molar-refractivity contribution in [3.05, 3.63) is 36.5 Å². The monoisotopic (exact) mass is 178 g/mol. The SMILES string of the molecule is [CH2][C@@H](C)OC(=O)c1ccc(C)nc1. The molecule has 0 amide bonds. The van der Waals surface area contributed by atoms with Gasteiger partial charge >= 0.3 is 5.97 Å². The summed E-state index contributed by atoms with van der Waals surface area (Å²) in [6, 6.07) is 3.46. The Morgan fingerprint density at radius 2 is 2.31 bits per heavy atom. The molecule has 1 rings (SSSR count). The second-order valence-corrected chi connectivity index (χ2v) is 2.90. The second-order valence-electron chi connectivity index (χ2n) is 2.90. The van der Waals surface area contributed by atoms with Crippen molar-refractivity contribution >= 4 is 5.97 Å². The lowest BCUT2D eigenvalue weighted by Gasteiger charge is -2.06. The highest BCUT2D eigenvalue weighted by Crippen LogP contribution is 2.03. The van der Waals surface area contributed by atoms with E-state index in [2.05, 4.69) is 11.9 Å². The predicted molar refractivity (Wildman–Crippen MR) is 49.2 cm³/mol. The first-order valence-corrected chi connectivity index (χ1v) is 4.06. The summed E-state index contributed by atoms with van der Waals surface area (Å²) in [5.74, 6) is -0.380. The van der Waals surface area contributed by atoms with Gasteiger partial charge in [0.25, 0.3) is 0 Å². The van der Waals surface area contributed by atoms with Crippen molar-refractivity contribution in [1.29, 1.82) is 0 Å². The van der Waals surface area contributed by atoms with E-state index in [1.54, 1.807) is 19.1 Å². The van der Waals surface area contributed by atoms with Crippen LogP contribution < -0.4 is 0 Å². The topological polar surface area (TPSA) is 39.2 Å². The van der Waals surface area contributed by atoms with Gasteiger partial charge < -0.3 is 4.74 Å². The van der Waals surface area contributed by atoms with Gasteiger partial charge in [0.15, 0.2) is 0 Å². The molecule has 0 aliphatic heterocycles. The van der Waals surface area contributed by atoms with Crippen LogP contribution in [0.4, 0.5) is 0 Å². The molecule has 3 nitrogen and oxygen atoms in total. The molecule has 0 aromatic carbocycles. The summed E-state index contributed by atoms with van der Waals surface area (Å²) in [7, 11) is 0. The van der Waals surface area contributed by atoms with Crippen molar-refractivity contribution in [2.24, 2.45) is 0 Å². The number of aromatic nitrogens is 1. The van der Waals surface area contributed by atoms with Gasteiger partial charge in [-0.15, -0.1) is 0 Å². The van der Waals surface area contributed by atoms with Gasteiger partial charge in [-0.3, -0.25) is 4.98 Å². The molecule has 0 fully saturated rings. The van der Waals surface area contributed by atoms with Gasteiger partial charge in [0.05, 0.1) is 11.7 Å². The van der Waals surface area contributed by atoms with Crippen LogP contribution in [0, 0.1) is 13.8 Å². The fraction of sp³-hybridized carbons (Fsp3) is 0.300. The summed E-state index contributed by atoms with van der Waals surface area (Å²) in [6.45, 7) is 7.13. The van der Waals surface area contributed by atoms with E-state index < -0.39 is 0 Å². The Balaban J connectivity index is 2.72. The van der Waals surface area contributed by atoms with Gasteiger partial charge in [0, 0.05) is 11.9 Å². The summed E-state index contributed by atoms with van der Waals surface area (Å²) < 4.78 is 4.89. The summed E-state index contributed by atoms with van der Waals surface area (Å²) in [6.07, 6.45) is 1.16. The molecule has 1 aromatic heterocycles. The van der Waals surface area contributed by atoms with E-state index in [1.165, 1.54) is 6.20 Å². The number of nitrogens with zero attached hydrogens (tertiary/aromatic N) is 1. The van der Waals surface area contributed by atoms with Crippen molar-refractivity contribution in [3.8, 4) is 0 Å². The van der Waals surface area contributed by atoms with E-state index in [-0.39, 0.29) is 12.1 Å². The molecule has 0 saturated heterocycles. The molecule has 1 radical (unpaired) electrons. The standard InChI is InChI=1S/C10H12NO2/c1-7(2)13-10(12)9-5-4-8(3)11-6-9/h4-7H,1H2,2-3H3/t7-/m0/s1. The molecule has 0 N–H and O–H groups in total. The van der Waals surface area contributed by atoms with Crippen LogP contribution in [0.2, 0.25) is 0 Å². The lowest BCUT2D eigenvalue weighted by atomic mass is 10.2. The van der Waals surface area contributed by atoms with Crippen LogP contribution in [-0.2, 0) is 4.74 Å². The Hall–Kier alpha value is -1.38. The third-order valence-corrected chi connectivity index (χ3v) is 1.46. The number of hydrogen-bond acceptors (Lipinski definition) is 3. The van der Waals surface area contributed by atoms with E-state index >= 15 is 0 Å². The van der Waals surface area contributed by atoms with Gasteiger partial charge in [0.2, 0.25) is 0 Å². The van der Waals surface area contributed by atoms with E-state index in [9.17, 15) is 4.79 Å². The van der Waals surface area contributed by atoms with Crippen LogP contribution in [0.3, 0.4) is 0 Å². The number of esters is 1. The Labute approximate surface area is 77.8 Å². The second kappa shape index (κ2) is 4.03. The molecule has 0 spiro atoms. The molecule has 13 heavy (non-hydrogen) atoms. The maximum Gasteiger partial charge on any atom is 0.339 e. The van der Waals surface area contributed by atoms with Crippen molar-refractivity contribution in [1.82, 2.24) is 4.98 Å². The molecule has 69 valence electrons. The smallest absolute Gasteiger partial charge is 0.339 e. The predicted octanol–water partition coefficient (Wildman–Crippen LogP) is 1.77. The highest BCUT2D eigenvalue weighted by Gasteiger charge is 2.08. The molecular weight excluding hydrogens is 166 g/mol. The first-order chi connectivity index (χ1) is 6.09. The van der Waals surface area contributed by atoms with Crippen LogP contribution >= 0.6 is 0 Å². The van der Waals surface area contributed by atoms with Gasteiger partial charge in [-0.05, 0) is 32.9 Å². The molecule has 0 aliphatic rings. The number of ether oxygens (including phenoxy) is 1. The van der Waals surface area contributed by atoms with Gasteiger partial charge in [0.1, 0.15) is 0 Å². The zero-order chi connectivity index (χ0) is 9.84. The fourth-order valence-electron chi connectivity index (χ4n) is 0.839. The molecular formula is C10H12NO2. The quantitative estimate of drug-likeness (QED) is 0.648. The first-order valence-electron chi connectivity index (χ1n) is 4.06. The van der Waals surface area contributed by atoms with Crippen molar-refractivity contribution in [3.63, 3.8) is 0 Å². The van der Waals surface area contributed by atoms with E-state index in [1.807, 2.05) is 6.92 Å². The Kier molecular flexibility index (Phi) is 3.01. The molecule has 0 unspecified atom stereocenters. The van der Waals surface area contributed by atoms with Crippen LogP contribution in [-0.4, -0.2) is 17.1 Å². The number of pyridine rings is 1. The average molecular weight is 178 g/mol. The zero-order valence-corrected chi connectivity index (χ0v) is 7.78. The van der Waals surface area contributed by atoms with Gasteiger partial charge in [-0.25, -0.2) is 4.79 Å². The Morgan fingerprint density at radius 3 is 2.77 bits per heavy atom. The number of rotatable bonds is 2. The average Bonchev–Trinajstić information content (AvgIpc) is 2.04. The molecule has 1 atom stereocenters. The summed E-state index contributed by atoms with van der Waals surface area (Å²) in [5, 5.41) is 0. The van der Waals surface area contributed by atoms with Gasteiger partial charge in [-0.2, -0.15) is 0 Å². The van der Waals surface area contributed by atoms with Crippen molar-refractivity contribution < 1.29 is 9.53 Å². The normalized spacial score (nSPS) is 10.2. The number of hydrogen-bond donors (Lipinski definition) is 0. The van der Waals surface area contributed by atoms with Crippen molar-refractivity contribution in [2.75, 3.05) is 0 Å². The summed E-state index contributed by atoms with van der Waals surface area (Å²) in [4.78, 5) is 15.3. The van der Waals surface area contributed by atoms with E-state index in [4.69, 9.17) is 4.74 Å². The van der Waals surface area contributed by atoms with Gasteiger partial charge in [-0.1, -0.05) is 0 Å². The van der Waals surface area contributed by atoms with E-state index in [0.29, 0.717) is 5.56 Å². The minimum absolute atomic E-state index is 0.339. The lowest BCUT2D eigenvalue weighted by molar-refractivity contribution is 0.0420. The highest BCUT2D eigenvalue weighted by molar-refractivity contribution is 5.89. The molecule has 3 heteroatoms. The maximum absolute atomic E-state index is 11.3. The largest absolute Gasteiger partial charge is 0.459 e. The maximum atomic E-state index is 11.3. The minimum atomic E-state index is -0.380. The third-order valence-electron chi connectivity index (χ3n) is 1.46. The van der Waals surface area contributed by atoms with Crippen LogP contribution in [0.5, 0.6) is 0 Å². The Morgan fingerprint density at radius 1 is 1.62 bits per heavy atom. The molecule has 0 bridgehead atoms.